The minimum absolute atomic E-state index is 0.0375. The molecule has 1 aliphatic heterocycles. The first-order chi connectivity index (χ1) is 8.70. The van der Waals surface area contributed by atoms with E-state index in [0.717, 1.165) is 19.4 Å². The minimum atomic E-state index is -0.167. The van der Waals surface area contributed by atoms with Gasteiger partial charge in [-0.3, -0.25) is 9.69 Å². The van der Waals surface area contributed by atoms with Gasteiger partial charge in [-0.2, -0.15) is 0 Å². The summed E-state index contributed by atoms with van der Waals surface area (Å²) in [7, 11) is 1.66. The number of likely N-dealkylation sites (tertiary alicyclic amines) is 1. The van der Waals surface area contributed by atoms with Crippen LogP contribution in [0.15, 0.2) is 24.3 Å². The van der Waals surface area contributed by atoms with Crippen LogP contribution in [0.5, 0.6) is 0 Å². The van der Waals surface area contributed by atoms with Crippen LogP contribution in [-0.2, 0) is 11.3 Å². The lowest BCUT2D eigenvalue weighted by Crippen LogP contribution is -2.41. The fourth-order valence-electron chi connectivity index (χ4n) is 2.48. The van der Waals surface area contributed by atoms with Crippen LogP contribution in [-0.4, -0.2) is 30.9 Å². The summed E-state index contributed by atoms with van der Waals surface area (Å²) < 4.78 is 13.6. The van der Waals surface area contributed by atoms with Gasteiger partial charge in [-0.1, -0.05) is 18.2 Å². The lowest BCUT2D eigenvalue weighted by molar-refractivity contribution is -0.126. The van der Waals surface area contributed by atoms with Crippen LogP contribution in [0.4, 0.5) is 4.39 Å². The van der Waals surface area contributed by atoms with Gasteiger partial charge in [0.25, 0.3) is 0 Å². The fourth-order valence-corrected chi connectivity index (χ4v) is 2.48. The van der Waals surface area contributed by atoms with Crippen molar-refractivity contribution in [1.29, 1.82) is 0 Å². The Morgan fingerprint density at radius 1 is 1.50 bits per heavy atom. The zero-order valence-corrected chi connectivity index (χ0v) is 10.7. The largest absolute Gasteiger partial charge is 0.359 e. The standard InChI is InChI=1S/C14H19FN2O/c1-16-14(18)12-6-4-8-17(10-12)9-11-5-2-3-7-13(11)15/h2-3,5,7,12H,4,6,8-10H2,1H3,(H,16,18). The average molecular weight is 250 g/mol. The molecule has 1 saturated heterocycles. The maximum absolute atomic E-state index is 13.6. The number of nitrogens with one attached hydrogen (secondary N) is 1. The van der Waals surface area contributed by atoms with E-state index in [1.807, 2.05) is 6.07 Å². The maximum Gasteiger partial charge on any atom is 0.224 e. The van der Waals surface area contributed by atoms with E-state index in [1.165, 1.54) is 6.07 Å². The highest BCUT2D eigenvalue weighted by Crippen LogP contribution is 2.19. The van der Waals surface area contributed by atoms with Crippen LogP contribution >= 0.6 is 0 Å². The van der Waals surface area contributed by atoms with Crippen molar-refractivity contribution in [2.75, 3.05) is 20.1 Å². The van der Waals surface area contributed by atoms with Crippen LogP contribution in [0.1, 0.15) is 18.4 Å². The highest BCUT2D eigenvalue weighted by atomic mass is 19.1. The summed E-state index contributed by atoms with van der Waals surface area (Å²) >= 11 is 0. The van der Waals surface area contributed by atoms with Gasteiger partial charge in [-0.05, 0) is 25.5 Å². The number of piperidine rings is 1. The molecule has 0 aromatic heterocycles. The summed E-state index contributed by atoms with van der Waals surface area (Å²) in [5.41, 5.74) is 0.704. The second-order valence-electron chi connectivity index (χ2n) is 4.78. The van der Waals surface area contributed by atoms with Gasteiger partial charge < -0.3 is 5.32 Å². The van der Waals surface area contributed by atoms with Crippen LogP contribution in [0.3, 0.4) is 0 Å². The quantitative estimate of drug-likeness (QED) is 0.887. The second kappa shape index (κ2) is 5.96. The molecule has 1 aliphatic rings. The molecule has 1 fully saturated rings. The summed E-state index contributed by atoms with van der Waals surface area (Å²) in [6.07, 6.45) is 1.92. The molecule has 1 N–H and O–H groups in total. The third-order valence-electron chi connectivity index (χ3n) is 3.47. The molecular weight excluding hydrogens is 231 g/mol. The third-order valence-corrected chi connectivity index (χ3v) is 3.47. The van der Waals surface area contributed by atoms with Gasteiger partial charge in [-0.25, -0.2) is 4.39 Å². The molecular formula is C14H19FN2O. The number of halogens is 1. The summed E-state index contributed by atoms with van der Waals surface area (Å²) in [5, 5.41) is 2.69. The summed E-state index contributed by atoms with van der Waals surface area (Å²) in [4.78, 5) is 13.8. The monoisotopic (exact) mass is 250 g/mol. The number of hydrogen-bond acceptors (Lipinski definition) is 2. The third kappa shape index (κ3) is 3.07. The molecule has 1 heterocycles. The van der Waals surface area contributed by atoms with Crippen molar-refractivity contribution in [1.82, 2.24) is 10.2 Å². The SMILES string of the molecule is CNC(=O)C1CCCN(Cc2ccccc2F)C1. The Hall–Kier alpha value is -1.42. The first-order valence-corrected chi connectivity index (χ1v) is 6.38. The molecule has 1 aromatic carbocycles. The molecule has 1 amide bonds. The first kappa shape index (κ1) is 13.0. The van der Waals surface area contributed by atoms with Gasteiger partial charge in [0.2, 0.25) is 5.91 Å². The Kier molecular flexibility index (Phi) is 4.31. The topological polar surface area (TPSA) is 32.3 Å². The lowest BCUT2D eigenvalue weighted by Gasteiger charge is -2.31. The van der Waals surface area contributed by atoms with Crippen molar-refractivity contribution in [2.45, 2.75) is 19.4 Å². The minimum Gasteiger partial charge on any atom is -0.359 e. The van der Waals surface area contributed by atoms with Crippen molar-refractivity contribution in [2.24, 2.45) is 5.92 Å². The number of carbonyl (C=O) groups excluding carboxylic acids is 1. The van der Waals surface area contributed by atoms with Crippen molar-refractivity contribution < 1.29 is 9.18 Å². The molecule has 0 saturated carbocycles. The van der Waals surface area contributed by atoms with E-state index in [0.29, 0.717) is 18.7 Å². The van der Waals surface area contributed by atoms with Gasteiger partial charge in [-0.15, -0.1) is 0 Å². The van der Waals surface area contributed by atoms with Crippen molar-refractivity contribution in [3.63, 3.8) is 0 Å². The Labute approximate surface area is 107 Å². The number of hydrogen-bond donors (Lipinski definition) is 1. The molecule has 0 aliphatic carbocycles. The average Bonchev–Trinajstić information content (AvgIpc) is 2.41. The lowest BCUT2D eigenvalue weighted by atomic mass is 9.97. The van der Waals surface area contributed by atoms with Crippen molar-refractivity contribution in [3.05, 3.63) is 35.6 Å². The molecule has 1 unspecified atom stereocenters. The van der Waals surface area contributed by atoms with Gasteiger partial charge in [0.1, 0.15) is 5.82 Å². The van der Waals surface area contributed by atoms with Crippen LogP contribution in [0.2, 0.25) is 0 Å². The normalized spacial score (nSPS) is 20.7. The van der Waals surface area contributed by atoms with Gasteiger partial charge in [0.15, 0.2) is 0 Å². The molecule has 1 aromatic rings. The van der Waals surface area contributed by atoms with Crippen LogP contribution in [0, 0.1) is 11.7 Å². The Balaban J connectivity index is 1.98. The summed E-state index contributed by atoms with van der Waals surface area (Å²) in [6.45, 7) is 2.23. The molecule has 0 bridgehead atoms. The van der Waals surface area contributed by atoms with Crippen LogP contribution < -0.4 is 5.32 Å². The molecule has 3 nitrogen and oxygen atoms in total. The zero-order chi connectivity index (χ0) is 13.0. The molecule has 0 radical (unpaired) electrons. The van der Waals surface area contributed by atoms with E-state index in [4.69, 9.17) is 0 Å². The Morgan fingerprint density at radius 3 is 3.00 bits per heavy atom. The van der Waals surface area contributed by atoms with Crippen molar-refractivity contribution in [3.8, 4) is 0 Å². The summed E-state index contributed by atoms with van der Waals surface area (Å²) in [5.74, 6) is -0.0386. The smallest absolute Gasteiger partial charge is 0.224 e. The first-order valence-electron chi connectivity index (χ1n) is 6.38. The van der Waals surface area contributed by atoms with Gasteiger partial charge in [0, 0.05) is 25.7 Å². The van der Waals surface area contributed by atoms with E-state index in [-0.39, 0.29) is 17.6 Å². The number of carbonyl (C=O) groups is 1. The number of benzene rings is 1. The van der Waals surface area contributed by atoms with E-state index < -0.39 is 0 Å². The number of nitrogens with zero attached hydrogens (tertiary/aromatic N) is 1. The predicted octanol–water partition coefficient (Wildman–Crippen LogP) is 1.78. The second-order valence-corrected chi connectivity index (χ2v) is 4.78. The molecule has 1 atom stereocenters. The Bertz CT molecular complexity index is 422. The van der Waals surface area contributed by atoms with Crippen molar-refractivity contribution >= 4 is 5.91 Å². The van der Waals surface area contributed by atoms with Crippen LogP contribution in [0.25, 0.3) is 0 Å². The van der Waals surface area contributed by atoms with Gasteiger partial charge in [0.05, 0.1) is 5.92 Å². The van der Waals surface area contributed by atoms with E-state index in [9.17, 15) is 9.18 Å². The highest BCUT2D eigenvalue weighted by Gasteiger charge is 2.25. The maximum atomic E-state index is 13.6. The van der Waals surface area contributed by atoms with E-state index in [1.54, 1.807) is 19.2 Å². The molecule has 18 heavy (non-hydrogen) atoms. The molecule has 98 valence electrons. The highest BCUT2D eigenvalue weighted by molar-refractivity contribution is 5.78. The molecule has 2 rings (SSSR count). The Morgan fingerprint density at radius 2 is 2.28 bits per heavy atom. The molecule has 0 spiro atoms. The fraction of sp³-hybridized carbons (Fsp3) is 0.500. The van der Waals surface area contributed by atoms with Gasteiger partial charge >= 0.3 is 0 Å². The van der Waals surface area contributed by atoms with E-state index >= 15 is 0 Å². The molecule has 4 heteroatoms. The predicted molar refractivity (Wildman–Crippen MR) is 68.5 cm³/mol. The summed E-state index contributed by atoms with van der Waals surface area (Å²) in [6, 6.07) is 6.83. The van der Waals surface area contributed by atoms with E-state index in [2.05, 4.69) is 10.2 Å². The number of rotatable bonds is 3. The number of amides is 1. The zero-order valence-electron chi connectivity index (χ0n) is 10.7.